The lowest BCUT2D eigenvalue weighted by Gasteiger charge is -2.35. The molecule has 1 saturated heterocycles. The van der Waals surface area contributed by atoms with Gasteiger partial charge in [0.25, 0.3) is 0 Å². The van der Waals surface area contributed by atoms with Crippen molar-refractivity contribution in [1.82, 2.24) is 14.3 Å². The molecule has 7 heteroatoms. The minimum Gasteiger partial charge on any atom is -0.242 e. The second-order valence-electron chi connectivity index (χ2n) is 9.26. The molecule has 0 amide bonds. The standard InChI is InChI=1S/C26H27FN4OS/c1-26(2,3)33(32)31-13-11-19(12-14-31)24-23(21-6-4-5-18(15-21)16-28)17-29-25(30-24)20-7-9-22(27)10-8-20/h4-10,15,17,19H,11-14H2,1-3H3. The highest BCUT2D eigenvalue weighted by Gasteiger charge is 2.31. The van der Waals surface area contributed by atoms with E-state index in [0.717, 1.165) is 48.3 Å². The lowest BCUT2D eigenvalue weighted by atomic mass is 9.89. The van der Waals surface area contributed by atoms with Crippen molar-refractivity contribution < 1.29 is 8.60 Å². The van der Waals surface area contributed by atoms with Gasteiger partial charge in [-0.3, -0.25) is 0 Å². The zero-order valence-corrected chi connectivity index (χ0v) is 19.9. The van der Waals surface area contributed by atoms with Gasteiger partial charge in [-0.15, -0.1) is 0 Å². The number of aromatic nitrogens is 2. The smallest absolute Gasteiger partial charge is 0.159 e. The molecule has 3 aromatic rings. The molecule has 0 aliphatic carbocycles. The summed E-state index contributed by atoms with van der Waals surface area (Å²) in [5.41, 5.74) is 4.04. The first kappa shape index (κ1) is 23.2. The van der Waals surface area contributed by atoms with Gasteiger partial charge in [0.1, 0.15) is 5.82 Å². The molecule has 0 spiro atoms. The zero-order valence-electron chi connectivity index (χ0n) is 19.1. The molecule has 1 unspecified atom stereocenters. The fourth-order valence-corrected chi connectivity index (χ4v) is 5.42. The number of benzene rings is 2. The molecule has 0 N–H and O–H groups in total. The first-order valence-corrected chi connectivity index (χ1v) is 12.2. The van der Waals surface area contributed by atoms with E-state index in [4.69, 9.17) is 4.98 Å². The molecule has 5 nitrogen and oxygen atoms in total. The zero-order chi connectivity index (χ0) is 23.6. The van der Waals surface area contributed by atoms with E-state index in [1.165, 1.54) is 12.1 Å². The summed E-state index contributed by atoms with van der Waals surface area (Å²) in [6.07, 6.45) is 3.45. The lowest BCUT2D eigenvalue weighted by molar-refractivity contribution is 0.326. The molecule has 0 bridgehead atoms. The molecule has 0 radical (unpaired) electrons. The molecule has 1 fully saturated rings. The van der Waals surface area contributed by atoms with E-state index in [1.54, 1.807) is 24.4 Å². The monoisotopic (exact) mass is 462 g/mol. The number of hydrogen-bond acceptors (Lipinski definition) is 4. The summed E-state index contributed by atoms with van der Waals surface area (Å²) in [6, 6.07) is 15.8. The van der Waals surface area contributed by atoms with Crippen LogP contribution in [0, 0.1) is 17.1 Å². The molecule has 1 aliphatic heterocycles. The summed E-state index contributed by atoms with van der Waals surface area (Å²) in [6.45, 7) is 7.43. The van der Waals surface area contributed by atoms with E-state index < -0.39 is 11.0 Å². The summed E-state index contributed by atoms with van der Waals surface area (Å²) >= 11 is 0. The van der Waals surface area contributed by atoms with Crippen molar-refractivity contribution >= 4 is 11.0 Å². The highest BCUT2D eigenvalue weighted by atomic mass is 32.2. The van der Waals surface area contributed by atoms with Gasteiger partial charge in [-0.05, 0) is 75.6 Å². The van der Waals surface area contributed by atoms with E-state index >= 15 is 0 Å². The molecule has 33 heavy (non-hydrogen) atoms. The Hall–Kier alpha value is -2.95. The minimum absolute atomic E-state index is 0.168. The summed E-state index contributed by atoms with van der Waals surface area (Å²) in [5, 5.41) is 9.34. The number of halogens is 1. The van der Waals surface area contributed by atoms with Crippen LogP contribution in [-0.4, -0.2) is 36.3 Å². The predicted molar refractivity (Wildman–Crippen MR) is 129 cm³/mol. The number of nitriles is 1. The van der Waals surface area contributed by atoms with Crippen molar-refractivity contribution in [2.75, 3.05) is 13.1 Å². The SMILES string of the molecule is CC(C)(C)S(=O)N1CCC(c2nc(-c3ccc(F)cc3)ncc2-c2cccc(C#N)c2)CC1. The van der Waals surface area contributed by atoms with Crippen molar-refractivity contribution in [2.45, 2.75) is 44.3 Å². The summed E-state index contributed by atoms with van der Waals surface area (Å²) in [7, 11) is -1.05. The topological polar surface area (TPSA) is 69.9 Å². The largest absolute Gasteiger partial charge is 0.242 e. The van der Waals surface area contributed by atoms with Crippen LogP contribution in [0.5, 0.6) is 0 Å². The van der Waals surface area contributed by atoms with Gasteiger partial charge in [0.05, 0.1) is 33.1 Å². The van der Waals surface area contributed by atoms with Crippen LogP contribution in [0.25, 0.3) is 22.5 Å². The average molecular weight is 463 g/mol. The van der Waals surface area contributed by atoms with Gasteiger partial charge in [0.15, 0.2) is 5.82 Å². The van der Waals surface area contributed by atoms with Crippen LogP contribution in [0.2, 0.25) is 0 Å². The maximum atomic E-state index is 13.4. The highest BCUT2D eigenvalue weighted by Crippen LogP contribution is 2.36. The molecule has 0 saturated carbocycles. The molecule has 170 valence electrons. The van der Waals surface area contributed by atoms with Crippen LogP contribution in [-0.2, 0) is 11.0 Å². The van der Waals surface area contributed by atoms with Crippen molar-refractivity contribution in [3.05, 3.63) is 71.8 Å². The third-order valence-electron chi connectivity index (χ3n) is 5.82. The molecule has 2 heterocycles. The first-order chi connectivity index (χ1) is 15.8. The number of nitrogens with zero attached hydrogens (tertiary/aromatic N) is 4. The van der Waals surface area contributed by atoms with Gasteiger partial charge in [-0.25, -0.2) is 22.9 Å². The van der Waals surface area contributed by atoms with E-state index in [-0.39, 0.29) is 16.5 Å². The van der Waals surface area contributed by atoms with Gasteiger partial charge in [0, 0.05) is 36.3 Å². The summed E-state index contributed by atoms with van der Waals surface area (Å²) in [4.78, 5) is 9.50. The van der Waals surface area contributed by atoms with E-state index in [2.05, 4.69) is 15.4 Å². The number of hydrogen-bond donors (Lipinski definition) is 0. The third-order valence-corrected chi connectivity index (χ3v) is 7.70. The maximum absolute atomic E-state index is 13.4. The highest BCUT2D eigenvalue weighted by molar-refractivity contribution is 7.84. The van der Waals surface area contributed by atoms with E-state index in [9.17, 15) is 13.9 Å². The third kappa shape index (κ3) is 5.18. The fraction of sp³-hybridized carbons (Fsp3) is 0.346. The van der Waals surface area contributed by atoms with Crippen LogP contribution >= 0.6 is 0 Å². The fourth-order valence-electron chi connectivity index (χ4n) is 4.11. The van der Waals surface area contributed by atoms with Crippen LogP contribution in [0.4, 0.5) is 4.39 Å². The van der Waals surface area contributed by atoms with Crippen molar-refractivity contribution in [3.8, 4) is 28.6 Å². The van der Waals surface area contributed by atoms with Crippen molar-refractivity contribution in [2.24, 2.45) is 0 Å². The van der Waals surface area contributed by atoms with E-state index in [1.807, 2.05) is 39.0 Å². The van der Waals surface area contributed by atoms with Gasteiger partial charge >= 0.3 is 0 Å². The Morgan fingerprint density at radius 3 is 2.42 bits per heavy atom. The lowest BCUT2D eigenvalue weighted by Crippen LogP contribution is -2.42. The molecule has 1 aliphatic rings. The Morgan fingerprint density at radius 2 is 1.79 bits per heavy atom. The van der Waals surface area contributed by atoms with E-state index in [0.29, 0.717) is 11.4 Å². The van der Waals surface area contributed by atoms with Crippen LogP contribution in [0.15, 0.2) is 54.7 Å². The van der Waals surface area contributed by atoms with Gasteiger partial charge in [-0.2, -0.15) is 5.26 Å². The molecular formula is C26H27FN4OS. The summed E-state index contributed by atoms with van der Waals surface area (Å²) < 4.78 is 28.0. The van der Waals surface area contributed by atoms with Crippen LogP contribution < -0.4 is 0 Å². The predicted octanol–water partition coefficient (Wildman–Crippen LogP) is 5.46. The normalized spacial score (nSPS) is 16.3. The Labute approximate surface area is 196 Å². The molecule has 2 aromatic carbocycles. The summed E-state index contributed by atoms with van der Waals surface area (Å²) in [5.74, 6) is 0.412. The quantitative estimate of drug-likeness (QED) is 0.516. The Kier molecular flexibility index (Phi) is 6.68. The number of piperidine rings is 1. The Morgan fingerprint density at radius 1 is 1.09 bits per heavy atom. The molecule has 1 atom stereocenters. The molecule has 4 rings (SSSR count). The van der Waals surface area contributed by atoms with Crippen molar-refractivity contribution in [1.29, 1.82) is 5.26 Å². The van der Waals surface area contributed by atoms with Gasteiger partial charge in [0.2, 0.25) is 0 Å². The van der Waals surface area contributed by atoms with Crippen LogP contribution in [0.1, 0.15) is 50.8 Å². The molecular weight excluding hydrogens is 435 g/mol. The maximum Gasteiger partial charge on any atom is 0.159 e. The van der Waals surface area contributed by atoms with Crippen molar-refractivity contribution in [3.63, 3.8) is 0 Å². The second kappa shape index (κ2) is 9.50. The average Bonchev–Trinajstić information content (AvgIpc) is 2.83. The Bertz CT molecular complexity index is 1210. The van der Waals surface area contributed by atoms with Gasteiger partial charge in [-0.1, -0.05) is 12.1 Å². The number of rotatable bonds is 4. The Balaban J connectivity index is 1.71. The second-order valence-corrected chi connectivity index (χ2v) is 11.5. The van der Waals surface area contributed by atoms with Crippen LogP contribution in [0.3, 0.4) is 0 Å². The van der Waals surface area contributed by atoms with Gasteiger partial charge < -0.3 is 0 Å². The first-order valence-electron chi connectivity index (χ1n) is 11.1. The molecule has 1 aromatic heterocycles. The minimum atomic E-state index is -1.05.